The van der Waals surface area contributed by atoms with Gasteiger partial charge in [0.25, 0.3) is 0 Å². The molecule has 0 aromatic heterocycles. The highest BCUT2D eigenvalue weighted by atomic mass is 127. The van der Waals surface area contributed by atoms with E-state index in [0.717, 1.165) is 36.4 Å². The van der Waals surface area contributed by atoms with E-state index in [9.17, 15) is 8.42 Å². The number of sulfone groups is 1. The Morgan fingerprint density at radius 2 is 2.00 bits per heavy atom. The van der Waals surface area contributed by atoms with Crippen LogP contribution in [0.5, 0.6) is 0 Å². The Morgan fingerprint density at radius 3 is 2.58 bits per heavy atom. The number of benzene rings is 1. The van der Waals surface area contributed by atoms with Gasteiger partial charge in [-0.3, -0.25) is 4.99 Å². The fourth-order valence-electron chi connectivity index (χ4n) is 2.44. The predicted molar refractivity (Wildman–Crippen MR) is 125 cm³/mol. The molecule has 0 saturated carbocycles. The summed E-state index contributed by atoms with van der Waals surface area (Å²) < 4.78 is 23.5. The molecule has 1 atom stereocenters. The van der Waals surface area contributed by atoms with Gasteiger partial charge in [-0.1, -0.05) is 41.4 Å². The average molecular weight is 560 g/mol. The van der Waals surface area contributed by atoms with Crippen molar-refractivity contribution >= 4 is 55.7 Å². The second-order valence-corrected chi connectivity index (χ2v) is 9.41. The van der Waals surface area contributed by atoms with Crippen LogP contribution in [0.2, 0.25) is 0 Å². The summed E-state index contributed by atoms with van der Waals surface area (Å²) in [5.41, 5.74) is 1.31. The Kier molecular flexibility index (Phi) is 13.6. The van der Waals surface area contributed by atoms with Crippen LogP contribution in [-0.2, 0) is 16.3 Å². The molecule has 0 aliphatic rings. The van der Waals surface area contributed by atoms with Gasteiger partial charge in [-0.15, -0.1) is 24.0 Å². The first-order valence-corrected chi connectivity index (χ1v) is 11.6. The van der Waals surface area contributed by atoms with E-state index in [1.165, 1.54) is 11.8 Å². The van der Waals surface area contributed by atoms with Crippen molar-refractivity contribution in [3.8, 4) is 0 Å². The minimum absolute atomic E-state index is 0. The van der Waals surface area contributed by atoms with E-state index in [0.29, 0.717) is 18.9 Å². The van der Waals surface area contributed by atoms with Gasteiger partial charge in [-0.2, -0.15) is 0 Å². The predicted octanol–water partition coefficient (Wildman–Crippen LogP) is 3.63. The maximum Gasteiger partial charge on any atom is 0.191 e. The van der Waals surface area contributed by atoms with Crippen molar-refractivity contribution in [1.82, 2.24) is 10.6 Å². The van der Waals surface area contributed by atoms with Crippen LogP contribution >= 0.6 is 39.9 Å². The highest BCUT2D eigenvalue weighted by Gasteiger charge is 2.09. The minimum Gasteiger partial charge on any atom is -0.357 e. The minimum atomic E-state index is -2.91. The van der Waals surface area contributed by atoms with Crippen LogP contribution in [0.3, 0.4) is 0 Å². The molecule has 0 aliphatic carbocycles. The molecule has 0 heterocycles. The molecule has 1 rings (SSSR count). The molecule has 1 aromatic rings. The molecular formula is C18H31BrIN3O2S. The molecule has 0 saturated heterocycles. The number of hydrogen-bond donors (Lipinski definition) is 2. The highest BCUT2D eigenvalue weighted by Crippen LogP contribution is 2.17. The fourth-order valence-corrected chi connectivity index (χ4v) is 3.55. The van der Waals surface area contributed by atoms with E-state index in [4.69, 9.17) is 0 Å². The van der Waals surface area contributed by atoms with Gasteiger partial charge in [0, 0.05) is 30.4 Å². The summed E-state index contributed by atoms with van der Waals surface area (Å²) in [4.78, 5) is 4.67. The molecule has 150 valence electrons. The summed E-state index contributed by atoms with van der Waals surface area (Å²) >= 11 is 3.52. The zero-order valence-electron chi connectivity index (χ0n) is 15.8. The Hall–Kier alpha value is -0.350. The first kappa shape index (κ1) is 25.6. The molecule has 2 N–H and O–H groups in total. The molecule has 5 nitrogen and oxygen atoms in total. The van der Waals surface area contributed by atoms with E-state index >= 15 is 0 Å². The average Bonchev–Trinajstić information content (AvgIpc) is 2.54. The molecule has 8 heteroatoms. The van der Waals surface area contributed by atoms with Crippen LogP contribution < -0.4 is 10.6 Å². The SMILES string of the molecule is CCNC(=NCC(CC)Cc1cccc(Br)c1)NCCCS(C)(=O)=O.I. The number of hydrogen-bond acceptors (Lipinski definition) is 3. The number of guanidine groups is 1. The topological polar surface area (TPSA) is 70.6 Å². The molecule has 0 amide bonds. The van der Waals surface area contributed by atoms with Crippen molar-refractivity contribution in [2.45, 2.75) is 33.1 Å². The normalized spacial score (nSPS) is 13.0. The molecule has 0 bridgehead atoms. The third kappa shape index (κ3) is 12.1. The van der Waals surface area contributed by atoms with Crippen LogP contribution in [-0.4, -0.2) is 46.0 Å². The first-order valence-electron chi connectivity index (χ1n) is 8.78. The second kappa shape index (κ2) is 13.8. The maximum absolute atomic E-state index is 11.2. The number of nitrogens with one attached hydrogen (secondary N) is 2. The molecule has 1 unspecified atom stereocenters. The van der Waals surface area contributed by atoms with Gasteiger partial charge in [0.1, 0.15) is 9.84 Å². The summed E-state index contributed by atoms with van der Waals surface area (Å²) in [7, 11) is -2.91. The van der Waals surface area contributed by atoms with Crippen LogP contribution in [0, 0.1) is 5.92 Å². The first-order chi connectivity index (χ1) is 11.8. The van der Waals surface area contributed by atoms with E-state index in [-0.39, 0.29) is 29.7 Å². The van der Waals surface area contributed by atoms with E-state index in [1.807, 2.05) is 13.0 Å². The van der Waals surface area contributed by atoms with Crippen molar-refractivity contribution in [2.24, 2.45) is 10.9 Å². The van der Waals surface area contributed by atoms with Crippen LogP contribution in [0.1, 0.15) is 32.3 Å². The second-order valence-electron chi connectivity index (χ2n) is 6.24. The summed E-state index contributed by atoms with van der Waals surface area (Å²) in [6.07, 6.45) is 3.90. The van der Waals surface area contributed by atoms with Gasteiger partial charge in [-0.05, 0) is 43.4 Å². The Labute approximate surface area is 183 Å². The summed E-state index contributed by atoms with van der Waals surface area (Å²) in [6, 6.07) is 8.39. The van der Waals surface area contributed by atoms with Crippen molar-refractivity contribution in [1.29, 1.82) is 0 Å². The number of nitrogens with zero attached hydrogens (tertiary/aromatic N) is 1. The van der Waals surface area contributed by atoms with E-state index in [1.54, 1.807) is 0 Å². The Bertz CT molecular complexity index is 654. The van der Waals surface area contributed by atoms with E-state index < -0.39 is 9.84 Å². The van der Waals surface area contributed by atoms with E-state index in [2.05, 4.69) is 56.7 Å². The fraction of sp³-hybridized carbons (Fsp3) is 0.611. The molecule has 0 spiro atoms. The largest absolute Gasteiger partial charge is 0.357 e. The third-order valence-electron chi connectivity index (χ3n) is 3.83. The lowest BCUT2D eigenvalue weighted by Gasteiger charge is -2.15. The summed E-state index contributed by atoms with van der Waals surface area (Å²) in [5.74, 6) is 1.42. The quantitative estimate of drug-likeness (QED) is 0.199. The molecule has 26 heavy (non-hydrogen) atoms. The molecule has 0 radical (unpaired) electrons. The van der Waals surface area contributed by atoms with Gasteiger partial charge in [-0.25, -0.2) is 8.42 Å². The van der Waals surface area contributed by atoms with Crippen molar-refractivity contribution in [3.63, 3.8) is 0 Å². The van der Waals surface area contributed by atoms with Crippen LogP contribution in [0.25, 0.3) is 0 Å². The monoisotopic (exact) mass is 559 g/mol. The number of rotatable bonds is 10. The Morgan fingerprint density at radius 1 is 1.27 bits per heavy atom. The number of aliphatic imine (C=N–C) groups is 1. The Balaban J connectivity index is 0.00000625. The molecule has 0 aliphatic heterocycles. The zero-order valence-corrected chi connectivity index (χ0v) is 20.5. The van der Waals surface area contributed by atoms with Crippen LogP contribution in [0.4, 0.5) is 0 Å². The standard InChI is InChI=1S/C18H30BrN3O2S.HI/c1-4-15(12-16-8-6-9-17(19)13-16)14-22-18(20-5-2)21-10-7-11-25(3,23)24;/h6,8-9,13,15H,4-5,7,10-12,14H2,1-3H3,(H2,20,21,22);1H. The molecule has 0 fully saturated rings. The molecule has 1 aromatic carbocycles. The lowest BCUT2D eigenvalue weighted by molar-refractivity contribution is 0.517. The van der Waals surface area contributed by atoms with Gasteiger partial charge in [0.2, 0.25) is 0 Å². The van der Waals surface area contributed by atoms with Crippen LogP contribution in [0.15, 0.2) is 33.7 Å². The maximum atomic E-state index is 11.2. The molecular weight excluding hydrogens is 529 g/mol. The third-order valence-corrected chi connectivity index (χ3v) is 5.35. The van der Waals surface area contributed by atoms with Gasteiger partial charge < -0.3 is 10.6 Å². The summed E-state index contributed by atoms with van der Waals surface area (Å²) in [5, 5.41) is 6.43. The summed E-state index contributed by atoms with van der Waals surface area (Å²) in [6.45, 7) is 6.32. The lowest BCUT2D eigenvalue weighted by Crippen LogP contribution is -2.38. The van der Waals surface area contributed by atoms with Gasteiger partial charge >= 0.3 is 0 Å². The van der Waals surface area contributed by atoms with Gasteiger partial charge in [0.05, 0.1) is 5.75 Å². The van der Waals surface area contributed by atoms with Crippen molar-refractivity contribution < 1.29 is 8.42 Å². The van der Waals surface area contributed by atoms with Gasteiger partial charge in [0.15, 0.2) is 5.96 Å². The smallest absolute Gasteiger partial charge is 0.191 e. The van der Waals surface area contributed by atoms with Crippen molar-refractivity contribution in [3.05, 3.63) is 34.3 Å². The number of halogens is 2. The van der Waals surface area contributed by atoms with Crippen molar-refractivity contribution in [2.75, 3.05) is 31.6 Å². The highest BCUT2D eigenvalue weighted by molar-refractivity contribution is 14.0. The zero-order chi connectivity index (χ0) is 18.7. The lowest BCUT2D eigenvalue weighted by atomic mass is 9.97.